The van der Waals surface area contributed by atoms with Gasteiger partial charge < -0.3 is 24.2 Å². The van der Waals surface area contributed by atoms with Gasteiger partial charge in [0.2, 0.25) is 0 Å². The number of nitrogens with one attached hydrogen (secondary N) is 2. The summed E-state index contributed by atoms with van der Waals surface area (Å²) in [5.41, 5.74) is 1.70. The Morgan fingerprint density at radius 2 is 1.88 bits per heavy atom. The number of ether oxygens (including phenoxy) is 1. The SMILES string of the molecule is CCc1ccc(OCc2ccc(C(=O)Nc3cnn(C)c3C(=O)NCc3ccco3)o2)cc1. The zero-order valence-corrected chi connectivity index (χ0v) is 18.3. The molecule has 1 aromatic carbocycles. The second-order valence-electron chi connectivity index (χ2n) is 7.30. The van der Waals surface area contributed by atoms with Crippen LogP contribution in [0.1, 0.15) is 45.1 Å². The average molecular weight is 448 g/mol. The van der Waals surface area contributed by atoms with Crippen LogP contribution in [0.3, 0.4) is 0 Å². The van der Waals surface area contributed by atoms with Gasteiger partial charge in [0.1, 0.15) is 29.6 Å². The van der Waals surface area contributed by atoms with Crippen molar-refractivity contribution < 1.29 is 23.2 Å². The molecule has 3 aromatic heterocycles. The lowest BCUT2D eigenvalue weighted by Crippen LogP contribution is -2.26. The van der Waals surface area contributed by atoms with Gasteiger partial charge in [0.25, 0.3) is 11.8 Å². The summed E-state index contributed by atoms with van der Waals surface area (Å²) in [6, 6.07) is 14.5. The molecule has 0 bridgehead atoms. The Hall–Kier alpha value is -4.27. The van der Waals surface area contributed by atoms with Crippen molar-refractivity contribution in [2.45, 2.75) is 26.5 Å². The Morgan fingerprint density at radius 3 is 2.61 bits per heavy atom. The van der Waals surface area contributed by atoms with Crippen LogP contribution in [0.4, 0.5) is 5.69 Å². The van der Waals surface area contributed by atoms with Gasteiger partial charge in [-0.2, -0.15) is 5.10 Å². The standard InChI is InChI=1S/C24H24N4O5/c1-3-16-6-8-17(9-7-16)32-15-19-10-11-21(33-19)23(29)27-20-14-26-28(2)22(20)24(30)25-13-18-5-4-12-31-18/h4-12,14H,3,13,15H2,1-2H3,(H,25,30)(H,27,29). The third-order valence-electron chi connectivity index (χ3n) is 5.00. The minimum Gasteiger partial charge on any atom is -0.486 e. The van der Waals surface area contributed by atoms with Crippen LogP contribution in [-0.4, -0.2) is 21.6 Å². The maximum atomic E-state index is 12.7. The number of hydrogen-bond acceptors (Lipinski definition) is 6. The first-order valence-electron chi connectivity index (χ1n) is 10.5. The molecular formula is C24H24N4O5. The first-order chi connectivity index (χ1) is 16.0. The predicted molar refractivity (Wildman–Crippen MR) is 120 cm³/mol. The second-order valence-corrected chi connectivity index (χ2v) is 7.30. The van der Waals surface area contributed by atoms with Gasteiger partial charge in [-0.3, -0.25) is 14.3 Å². The smallest absolute Gasteiger partial charge is 0.291 e. The van der Waals surface area contributed by atoms with E-state index >= 15 is 0 Å². The van der Waals surface area contributed by atoms with Crippen molar-refractivity contribution in [2.24, 2.45) is 7.05 Å². The van der Waals surface area contributed by atoms with E-state index in [4.69, 9.17) is 13.6 Å². The molecule has 2 amide bonds. The first-order valence-corrected chi connectivity index (χ1v) is 10.5. The molecule has 4 aromatic rings. The Labute approximate surface area is 190 Å². The summed E-state index contributed by atoms with van der Waals surface area (Å²) >= 11 is 0. The third-order valence-corrected chi connectivity index (χ3v) is 5.00. The molecule has 170 valence electrons. The highest BCUT2D eigenvalue weighted by molar-refractivity contribution is 6.07. The van der Waals surface area contributed by atoms with Crippen LogP contribution in [-0.2, 0) is 26.6 Å². The molecule has 9 heteroatoms. The maximum absolute atomic E-state index is 12.7. The number of carbonyl (C=O) groups excluding carboxylic acids is 2. The zero-order chi connectivity index (χ0) is 23.2. The van der Waals surface area contributed by atoms with Crippen molar-refractivity contribution >= 4 is 17.5 Å². The number of benzene rings is 1. The van der Waals surface area contributed by atoms with E-state index in [0.717, 1.165) is 12.2 Å². The highest BCUT2D eigenvalue weighted by Crippen LogP contribution is 2.19. The molecule has 0 saturated carbocycles. The van der Waals surface area contributed by atoms with Crippen LogP contribution in [0, 0.1) is 0 Å². The summed E-state index contributed by atoms with van der Waals surface area (Å²) in [5.74, 6) is 1.03. The number of hydrogen-bond donors (Lipinski definition) is 2. The summed E-state index contributed by atoms with van der Waals surface area (Å²) in [6.45, 7) is 2.49. The van der Waals surface area contributed by atoms with Gasteiger partial charge >= 0.3 is 0 Å². The highest BCUT2D eigenvalue weighted by Gasteiger charge is 2.21. The monoisotopic (exact) mass is 448 g/mol. The molecule has 0 aliphatic rings. The second kappa shape index (κ2) is 9.90. The Bertz CT molecular complexity index is 1220. The summed E-state index contributed by atoms with van der Waals surface area (Å²) in [5, 5.41) is 9.50. The van der Waals surface area contributed by atoms with Crippen LogP contribution in [0.5, 0.6) is 5.75 Å². The number of aryl methyl sites for hydroxylation is 2. The van der Waals surface area contributed by atoms with Crippen molar-refractivity contribution in [3.63, 3.8) is 0 Å². The topological polar surface area (TPSA) is 112 Å². The number of furan rings is 2. The molecule has 0 aliphatic carbocycles. The molecule has 0 atom stereocenters. The van der Waals surface area contributed by atoms with Crippen LogP contribution in [0.2, 0.25) is 0 Å². The Morgan fingerprint density at radius 1 is 1.06 bits per heavy atom. The average Bonchev–Trinajstić information content (AvgIpc) is 3.58. The van der Waals surface area contributed by atoms with Gasteiger partial charge in [-0.1, -0.05) is 19.1 Å². The molecule has 0 fully saturated rings. The van der Waals surface area contributed by atoms with Crippen molar-refractivity contribution in [3.05, 3.63) is 89.5 Å². The largest absolute Gasteiger partial charge is 0.486 e. The Kier molecular flexibility index (Phi) is 6.58. The quantitative estimate of drug-likeness (QED) is 0.401. The van der Waals surface area contributed by atoms with Crippen LogP contribution in [0.15, 0.2) is 69.8 Å². The summed E-state index contributed by atoms with van der Waals surface area (Å²) < 4.78 is 17.9. The van der Waals surface area contributed by atoms with Crippen LogP contribution >= 0.6 is 0 Å². The molecule has 0 radical (unpaired) electrons. The van der Waals surface area contributed by atoms with Gasteiger partial charge in [-0.25, -0.2) is 0 Å². The molecule has 33 heavy (non-hydrogen) atoms. The van der Waals surface area contributed by atoms with E-state index in [1.807, 2.05) is 24.3 Å². The minimum absolute atomic E-state index is 0.0979. The van der Waals surface area contributed by atoms with Crippen molar-refractivity contribution in [1.29, 1.82) is 0 Å². The maximum Gasteiger partial charge on any atom is 0.291 e. The number of rotatable bonds is 9. The van der Waals surface area contributed by atoms with Crippen molar-refractivity contribution in [3.8, 4) is 5.75 Å². The Balaban J connectivity index is 1.36. The lowest BCUT2D eigenvalue weighted by atomic mass is 10.2. The zero-order valence-electron chi connectivity index (χ0n) is 18.3. The number of anilines is 1. The molecule has 9 nitrogen and oxygen atoms in total. The van der Waals surface area contributed by atoms with E-state index in [0.29, 0.717) is 11.5 Å². The van der Waals surface area contributed by atoms with Gasteiger partial charge in [0.05, 0.1) is 24.7 Å². The van der Waals surface area contributed by atoms with Gasteiger partial charge in [0, 0.05) is 7.05 Å². The van der Waals surface area contributed by atoms with Gasteiger partial charge in [-0.05, 0) is 48.4 Å². The normalized spacial score (nSPS) is 10.7. The first kappa shape index (κ1) is 21.9. The molecular weight excluding hydrogens is 424 g/mol. The molecule has 0 aliphatic heterocycles. The molecule has 0 spiro atoms. The summed E-state index contributed by atoms with van der Waals surface area (Å²) in [6.07, 6.45) is 3.90. The predicted octanol–water partition coefficient (Wildman–Crippen LogP) is 3.93. The van der Waals surface area contributed by atoms with E-state index < -0.39 is 11.8 Å². The lowest BCUT2D eigenvalue weighted by molar-refractivity contribution is 0.0939. The number of aromatic nitrogens is 2. The van der Waals surface area contributed by atoms with Gasteiger partial charge in [0.15, 0.2) is 5.76 Å². The highest BCUT2D eigenvalue weighted by atomic mass is 16.5. The molecule has 0 unspecified atom stereocenters. The minimum atomic E-state index is -0.498. The van der Waals surface area contributed by atoms with E-state index in [1.54, 1.807) is 31.3 Å². The molecule has 2 N–H and O–H groups in total. The van der Waals surface area contributed by atoms with E-state index in [9.17, 15) is 9.59 Å². The fourth-order valence-electron chi connectivity index (χ4n) is 3.20. The van der Waals surface area contributed by atoms with Crippen LogP contribution in [0.25, 0.3) is 0 Å². The number of carbonyl (C=O) groups is 2. The number of nitrogens with zero attached hydrogens (tertiary/aromatic N) is 2. The van der Waals surface area contributed by atoms with Crippen molar-refractivity contribution in [1.82, 2.24) is 15.1 Å². The van der Waals surface area contributed by atoms with E-state index in [1.165, 1.54) is 22.7 Å². The number of amides is 2. The van der Waals surface area contributed by atoms with E-state index in [2.05, 4.69) is 22.7 Å². The molecule has 0 saturated heterocycles. The third kappa shape index (κ3) is 5.32. The fourth-order valence-corrected chi connectivity index (χ4v) is 3.20. The fraction of sp³-hybridized carbons (Fsp3) is 0.208. The lowest BCUT2D eigenvalue weighted by Gasteiger charge is -2.07. The van der Waals surface area contributed by atoms with Crippen LogP contribution < -0.4 is 15.4 Å². The van der Waals surface area contributed by atoms with Crippen molar-refractivity contribution in [2.75, 3.05) is 5.32 Å². The summed E-state index contributed by atoms with van der Waals surface area (Å²) in [7, 11) is 1.62. The molecule has 4 rings (SSSR count). The van der Waals surface area contributed by atoms with Gasteiger partial charge in [-0.15, -0.1) is 0 Å². The van der Waals surface area contributed by atoms with E-state index in [-0.39, 0.29) is 30.3 Å². The molecule has 3 heterocycles. The summed E-state index contributed by atoms with van der Waals surface area (Å²) in [4.78, 5) is 25.3.